The molecule has 37 heavy (non-hydrogen) atoms. The number of nitrogens with one attached hydrogen (secondary N) is 1. The van der Waals surface area contributed by atoms with Gasteiger partial charge in [0.2, 0.25) is 0 Å². The Kier molecular flexibility index (Phi) is 5.82. The predicted octanol–water partition coefficient (Wildman–Crippen LogP) is 5.00. The third-order valence-corrected chi connectivity index (χ3v) is 7.31. The van der Waals surface area contributed by atoms with Gasteiger partial charge in [-0.1, -0.05) is 44.2 Å². The molecule has 7 nitrogen and oxygen atoms in total. The van der Waals surface area contributed by atoms with Gasteiger partial charge in [0.05, 0.1) is 28.0 Å². The Hall–Kier alpha value is -4.13. The molecule has 5 rings (SSSR count). The fraction of sp³-hybridized carbons (Fsp3) is 0.300. The van der Waals surface area contributed by atoms with Crippen molar-refractivity contribution in [2.24, 2.45) is 19.5 Å². The SMILES string of the molecule is Cc1cc(NC2=CC(=O)CC(C)(C)C2)c(-n2cc3c(c2-c2ccccc2)c(=O)n(C)c(=O)n3C)cc1C. The van der Waals surface area contributed by atoms with Crippen molar-refractivity contribution in [1.82, 2.24) is 13.7 Å². The first-order valence-corrected chi connectivity index (χ1v) is 12.5. The minimum atomic E-state index is -0.374. The van der Waals surface area contributed by atoms with Gasteiger partial charge in [-0.15, -0.1) is 0 Å². The highest BCUT2D eigenvalue weighted by Gasteiger charge is 2.28. The van der Waals surface area contributed by atoms with Crippen molar-refractivity contribution in [2.75, 3.05) is 5.32 Å². The number of anilines is 1. The van der Waals surface area contributed by atoms with Crippen LogP contribution in [0.2, 0.25) is 0 Å². The first kappa shape index (κ1) is 24.6. The number of nitrogens with zero attached hydrogens (tertiary/aromatic N) is 3. The van der Waals surface area contributed by atoms with E-state index in [0.717, 1.165) is 44.8 Å². The summed E-state index contributed by atoms with van der Waals surface area (Å²) in [5.74, 6) is 0.110. The number of carbonyl (C=O) groups excluding carboxylic acids is 1. The number of fused-ring (bicyclic) bond motifs is 1. The third kappa shape index (κ3) is 4.24. The molecule has 2 heterocycles. The lowest BCUT2D eigenvalue weighted by molar-refractivity contribution is -0.117. The van der Waals surface area contributed by atoms with E-state index in [9.17, 15) is 14.4 Å². The maximum atomic E-state index is 13.4. The van der Waals surface area contributed by atoms with Crippen LogP contribution in [0.4, 0.5) is 5.69 Å². The Bertz CT molecular complexity index is 1720. The number of carbonyl (C=O) groups is 1. The van der Waals surface area contributed by atoms with Crippen LogP contribution in [-0.2, 0) is 18.9 Å². The Morgan fingerprint density at radius 2 is 1.57 bits per heavy atom. The van der Waals surface area contributed by atoms with Crippen molar-refractivity contribution in [2.45, 2.75) is 40.5 Å². The van der Waals surface area contributed by atoms with Gasteiger partial charge < -0.3 is 9.88 Å². The highest BCUT2D eigenvalue weighted by molar-refractivity contribution is 5.96. The largest absolute Gasteiger partial charge is 0.357 e. The minimum absolute atomic E-state index is 0.110. The summed E-state index contributed by atoms with van der Waals surface area (Å²) in [6.07, 6.45) is 4.84. The number of benzene rings is 2. The lowest BCUT2D eigenvalue weighted by Crippen LogP contribution is -2.36. The molecule has 2 aromatic carbocycles. The molecular weight excluding hydrogens is 464 g/mol. The maximum absolute atomic E-state index is 13.4. The molecule has 0 fully saturated rings. The van der Waals surface area contributed by atoms with Gasteiger partial charge in [-0.2, -0.15) is 0 Å². The number of aryl methyl sites for hydroxylation is 3. The topological polar surface area (TPSA) is 78.0 Å². The minimum Gasteiger partial charge on any atom is -0.357 e. The monoisotopic (exact) mass is 496 g/mol. The number of allylic oxidation sites excluding steroid dienone is 2. The highest BCUT2D eigenvalue weighted by Crippen LogP contribution is 2.38. The summed E-state index contributed by atoms with van der Waals surface area (Å²) in [6, 6.07) is 13.9. The van der Waals surface area contributed by atoms with E-state index < -0.39 is 0 Å². The molecule has 0 saturated heterocycles. The average molecular weight is 497 g/mol. The van der Waals surface area contributed by atoms with E-state index in [1.54, 1.807) is 13.1 Å². The van der Waals surface area contributed by atoms with Crippen LogP contribution in [0, 0.1) is 19.3 Å². The van der Waals surface area contributed by atoms with E-state index in [4.69, 9.17) is 0 Å². The summed E-state index contributed by atoms with van der Waals surface area (Å²) < 4.78 is 4.66. The first-order chi connectivity index (χ1) is 17.5. The van der Waals surface area contributed by atoms with Crippen LogP contribution in [0.1, 0.15) is 37.8 Å². The zero-order valence-corrected chi connectivity index (χ0v) is 22.2. The van der Waals surface area contributed by atoms with Crippen LogP contribution in [-0.4, -0.2) is 19.5 Å². The fourth-order valence-electron chi connectivity index (χ4n) is 5.31. The van der Waals surface area contributed by atoms with Gasteiger partial charge in [-0.3, -0.25) is 18.7 Å². The van der Waals surface area contributed by atoms with Crippen molar-refractivity contribution >= 4 is 22.4 Å². The standard InChI is InChI=1S/C30H32N4O3/c1-18-12-23(31-21-14-22(35)16-30(3,4)15-21)24(13-19(18)2)34-17-25-26(27(34)20-10-8-7-9-11-20)28(36)33(6)29(37)32(25)5/h7-14,17,31H,15-16H2,1-6H3. The molecule has 0 bridgehead atoms. The van der Waals surface area contributed by atoms with Gasteiger partial charge in [0.15, 0.2) is 5.78 Å². The van der Waals surface area contributed by atoms with E-state index in [-0.39, 0.29) is 22.4 Å². The molecular formula is C30H32N4O3. The number of aromatic nitrogens is 3. The number of ketones is 1. The maximum Gasteiger partial charge on any atom is 0.330 e. The summed E-state index contributed by atoms with van der Waals surface area (Å²) in [4.78, 5) is 38.7. The van der Waals surface area contributed by atoms with Gasteiger partial charge in [0.25, 0.3) is 5.56 Å². The summed E-state index contributed by atoms with van der Waals surface area (Å²) in [7, 11) is 3.19. The molecule has 0 saturated carbocycles. The molecule has 0 spiro atoms. The molecule has 0 atom stereocenters. The molecule has 1 N–H and O–H groups in total. The second-order valence-electron chi connectivity index (χ2n) is 10.9. The highest BCUT2D eigenvalue weighted by atomic mass is 16.2. The molecule has 2 aromatic heterocycles. The van der Waals surface area contributed by atoms with Crippen molar-refractivity contribution in [1.29, 1.82) is 0 Å². The Labute approximate surface area is 215 Å². The normalized spacial score (nSPS) is 15.2. The van der Waals surface area contributed by atoms with E-state index in [2.05, 4.69) is 45.1 Å². The van der Waals surface area contributed by atoms with E-state index in [1.807, 2.05) is 41.1 Å². The second kappa shape index (κ2) is 8.76. The average Bonchev–Trinajstić information content (AvgIpc) is 3.23. The summed E-state index contributed by atoms with van der Waals surface area (Å²) in [6.45, 7) is 8.31. The summed E-state index contributed by atoms with van der Waals surface area (Å²) in [5.41, 5.74) is 6.04. The summed E-state index contributed by atoms with van der Waals surface area (Å²) >= 11 is 0. The number of hydrogen-bond donors (Lipinski definition) is 1. The van der Waals surface area contributed by atoms with Gasteiger partial charge in [0, 0.05) is 38.5 Å². The fourth-order valence-corrected chi connectivity index (χ4v) is 5.31. The number of hydrogen-bond acceptors (Lipinski definition) is 4. The van der Waals surface area contributed by atoms with Crippen LogP contribution >= 0.6 is 0 Å². The molecule has 4 aromatic rings. The lowest BCUT2D eigenvalue weighted by Gasteiger charge is -2.30. The Morgan fingerprint density at radius 3 is 2.24 bits per heavy atom. The van der Waals surface area contributed by atoms with Crippen LogP contribution < -0.4 is 16.6 Å². The van der Waals surface area contributed by atoms with E-state index in [1.165, 1.54) is 11.6 Å². The zero-order chi connectivity index (χ0) is 26.6. The molecule has 0 unspecified atom stereocenters. The molecule has 0 aliphatic heterocycles. The van der Waals surface area contributed by atoms with Crippen molar-refractivity contribution < 1.29 is 4.79 Å². The van der Waals surface area contributed by atoms with Crippen molar-refractivity contribution in [3.8, 4) is 16.9 Å². The molecule has 7 heteroatoms. The molecule has 1 aliphatic rings. The number of rotatable bonds is 4. The lowest BCUT2D eigenvalue weighted by atomic mass is 9.79. The van der Waals surface area contributed by atoms with Gasteiger partial charge in [-0.05, 0) is 54.5 Å². The smallest absolute Gasteiger partial charge is 0.330 e. The Morgan fingerprint density at radius 1 is 0.892 bits per heavy atom. The first-order valence-electron chi connectivity index (χ1n) is 12.5. The Balaban J connectivity index is 1.83. The van der Waals surface area contributed by atoms with Crippen molar-refractivity contribution in [3.63, 3.8) is 0 Å². The van der Waals surface area contributed by atoms with Gasteiger partial charge in [-0.25, -0.2) is 4.79 Å². The second-order valence-corrected chi connectivity index (χ2v) is 10.9. The third-order valence-electron chi connectivity index (χ3n) is 7.31. The summed E-state index contributed by atoms with van der Waals surface area (Å²) in [5, 5.41) is 4.02. The van der Waals surface area contributed by atoms with Crippen LogP contribution in [0.3, 0.4) is 0 Å². The van der Waals surface area contributed by atoms with Crippen molar-refractivity contribution in [3.05, 3.63) is 92.4 Å². The van der Waals surface area contributed by atoms with Crippen LogP contribution in [0.15, 0.2) is 70.0 Å². The molecule has 0 radical (unpaired) electrons. The van der Waals surface area contributed by atoms with Gasteiger partial charge in [0.1, 0.15) is 0 Å². The predicted molar refractivity (Wildman–Crippen MR) is 148 cm³/mol. The van der Waals surface area contributed by atoms with Crippen LogP contribution in [0.5, 0.6) is 0 Å². The molecule has 190 valence electrons. The van der Waals surface area contributed by atoms with Crippen LogP contribution in [0.25, 0.3) is 27.8 Å². The quantitative estimate of drug-likeness (QED) is 0.432. The van der Waals surface area contributed by atoms with Gasteiger partial charge >= 0.3 is 5.69 Å². The van der Waals surface area contributed by atoms with E-state index >= 15 is 0 Å². The van der Waals surface area contributed by atoms with E-state index in [0.29, 0.717) is 23.0 Å². The zero-order valence-electron chi connectivity index (χ0n) is 22.2. The molecule has 0 amide bonds. The molecule has 1 aliphatic carbocycles.